The van der Waals surface area contributed by atoms with Crippen molar-refractivity contribution in [2.75, 3.05) is 13.7 Å². The Kier molecular flexibility index (Phi) is 2.69. The summed E-state index contributed by atoms with van der Waals surface area (Å²) in [5.41, 5.74) is 1.19. The van der Waals surface area contributed by atoms with E-state index in [9.17, 15) is 4.79 Å². The van der Waals surface area contributed by atoms with Crippen molar-refractivity contribution in [1.29, 1.82) is 0 Å². The third kappa shape index (κ3) is 1.60. The molecule has 2 rings (SSSR count). The molecule has 1 aromatic heterocycles. The Morgan fingerprint density at radius 2 is 2.38 bits per heavy atom. The first-order chi connectivity index (χ1) is 7.64. The van der Waals surface area contributed by atoms with Crippen LogP contribution in [-0.4, -0.2) is 29.5 Å². The molecule has 6 heteroatoms. The third-order valence-electron chi connectivity index (χ3n) is 3.06. The van der Waals surface area contributed by atoms with Crippen LogP contribution in [0.5, 0.6) is 0 Å². The molecule has 1 aliphatic carbocycles. The molecule has 1 saturated carbocycles. The molecule has 16 heavy (non-hydrogen) atoms. The summed E-state index contributed by atoms with van der Waals surface area (Å²) in [5.74, 6) is 4.75. The standard InChI is InChI=1S/C10H15N3O3/c1-13-8(10(3-4-10)6-16-11)7(5-12-13)9(14)15-2/h5H,3-4,6,11H2,1-2H3. The SMILES string of the molecule is COC(=O)c1cnn(C)c1C1(CON)CC1. The van der Waals surface area contributed by atoms with Gasteiger partial charge in [0.25, 0.3) is 0 Å². The van der Waals surface area contributed by atoms with Crippen molar-refractivity contribution in [2.24, 2.45) is 12.9 Å². The largest absolute Gasteiger partial charge is 0.465 e. The lowest BCUT2D eigenvalue weighted by Gasteiger charge is -2.15. The van der Waals surface area contributed by atoms with Crippen LogP contribution >= 0.6 is 0 Å². The number of methoxy groups -OCH3 is 1. The number of hydrogen-bond donors (Lipinski definition) is 1. The van der Waals surface area contributed by atoms with Crippen LogP contribution in [0.25, 0.3) is 0 Å². The van der Waals surface area contributed by atoms with E-state index in [-0.39, 0.29) is 11.4 Å². The van der Waals surface area contributed by atoms with Gasteiger partial charge in [0.1, 0.15) is 5.56 Å². The first-order valence-electron chi connectivity index (χ1n) is 5.07. The fourth-order valence-corrected chi connectivity index (χ4v) is 2.09. The van der Waals surface area contributed by atoms with Crippen LogP contribution in [0, 0.1) is 0 Å². The van der Waals surface area contributed by atoms with Crippen LogP contribution in [0.15, 0.2) is 6.20 Å². The molecule has 88 valence electrons. The predicted octanol–water partition coefficient (Wildman–Crippen LogP) is 0.129. The number of aromatic nitrogens is 2. The zero-order valence-corrected chi connectivity index (χ0v) is 9.40. The van der Waals surface area contributed by atoms with Crippen LogP contribution < -0.4 is 5.90 Å². The molecule has 1 heterocycles. The minimum Gasteiger partial charge on any atom is -0.465 e. The summed E-state index contributed by atoms with van der Waals surface area (Å²) in [5, 5.41) is 4.09. The monoisotopic (exact) mass is 225 g/mol. The van der Waals surface area contributed by atoms with Crippen molar-refractivity contribution in [1.82, 2.24) is 9.78 Å². The van der Waals surface area contributed by atoms with E-state index < -0.39 is 0 Å². The van der Waals surface area contributed by atoms with Crippen LogP contribution in [0.1, 0.15) is 28.9 Å². The molecule has 0 saturated heterocycles. The van der Waals surface area contributed by atoms with Gasteiger partial charge in [-0.25, -0.2) is 10.7 Å². The van der Waals surface area contributed by atoms with Crippen LogP contribution in [0.4, 0.5) is 0 Å². The topological polar surface area (TPSA) is 79.4 Å². The van der Waals surface area contributed by atoms with Crippen molar-refractivity contribution in [3.8, 4) is 0 Å². The first-order valence-corrected chi connectivity index (χ1v) is 5.07. The Labute approximate surface area is 93.3 Å². The second-order valence-corrected chi connectivity index (χ2v) is 4.11. The molecule has 2 N–H and O–H groups in total. The number of rotatable bonds is 4. The first kappa shape index (κ1) is 11.1. The van der Waals surface area contributed by atoms with E-state index in [1.807, 2.05) is 0 Å². The number of esters is 1. The second-order valence-electron chi connectivity index (χ2n) is 4.11. The molecule has 0 aliphatic heterocycles. The number of aryl methyl sites for hydroxylation is 1. The fraction of sp³-hybridized carbons (Fsp3) is 0.600. The number of carbonyl (C=O) groups is 1. The molecule has 6 nitrogen and oxygen atoms in total. The highest BCUT2D eigenvalue weighted by atomic mass is 16.6. The lowest BCUT2D eigenvalue weighted by atomic mass is 9.99. The van der Waals surface area contributed by atoms with E-state index in [0.717, 1.165) is 18.5 Å². The summed E-state index contributed by atoms with van der Waals surface area (Å²) in [6, 6.07) is 0. The number of ether oxygens (including phenoxy) is 1. The summed E-state index contributed by atoms with van der Waals surface area (Å²) < 4.78 is 6.42. The summed E-state index contributed by atoms with van der Waals surface area (Å²) >= 11 is 0. The Hall–Kier alpha value is -1.40. The van der Waals surface area contributed by atoms with Crippen LogP contribution in [0.2, 0.25) is 0 Å². The fourth-order valence-electron chi connectivity index (χ4n) is 2.09. The van der Waals surface area contributed by atoms with Gasteiger partial charge in [-0.2, -0.15) is 5.10 Å². The highest BCUT2D eigenvalue weighted by Crippen LogP contribution is 2.49. The molecule has 1 aliphatic rings. The average Bonchev–Trinajstić information content (AvgIpc) is 2.93. The van der Waals surface area contributed by atoms with Crippen molar-refractivity contribution >= 4 is 5.97 Å². The van der Waals surface area contributed by atoms with E-state index in [4.69, 9.17) is 15.5 Å². The zero-order chi connectivity index (χ0) is 11.8. The van der Waals surface area contributed by atoms with E-state index in [0.29, 0.717) is 12.2 Å². The number of hydrogen-bond acceptors (Lipinski definition) is 5. The summed E-state index contributed by atoms with van der Waals surface area (Å²) in [4.78, 5) is 16.3. The Morgan fingerprint density at radius 3 is 2.88 bits per heavy atom. The Bertz CT molecular complexity index is 409. The molecule has 0 atom stereocenters. The van der Waals surface area contributed by atoms with Gasteiger partial charge in [-0.3, -0.25) is 4.68 Å². The number of nitrogens with two attached hydrogens (primary N) is 1. The highest BCUT2D eigenvalue weighted by molar-refractivity contribution is 5.91. The molecule has 0 aromatic carbocycles. The molecule has 0 unspecified atom stereocenters. The Morgan fingerprint density at radius 1 is 1.69 bits per heavy atom. The van der Waals surface area contributed by atoms with Gasteiger partial charge < -0.3 is 9.57 Å². The summed E-state index contributed by atoms with van der Waals surface area (Å²) in [6.07, 6.45) is 3.43. The lowest BCUT2D eigenvalue weighted by molar-refractivity contribution is 0.0595. The van der Waals surface area contributed by atoms with Gasteiger partial charge in [0.15, 0.2) is 0 Å². The molecular formula is C10H15N3O3. The molecule has 0 bridgehead atoms. The van der Waals surface area contributed by atoms with Gasteiger partial charge in [0.2, 0.25) is 0 Å². The predicted molar refractivity (Wildman–Crippen MR) is 55.6 cm³/mol. The lowest BCUT2D eigenvalue weighted by Crippen LogP contribution is -2.24. The van der Waals surface area contributed by atoms with Gasteiger partial charge >= 0.3 is 5.97 Å². The molecule has 1 aromatic rings. The van der Waals surface area contributed by atoms with Crippen molar-refractivity contribution in [2.45, 2.75) is 18.3 Å². The molecule has 1 fully saturated rings. The molecule has 0 spiro atoms. The van der Waals surface area contributed by atoms with Gasteiger partial charge in [-0.15, -0.1) is 0 Å². The minimum atomic E-state index is -0.369. The molecular weight excluding hydrogens is 210 g/mol. The molecule has 0 amide bonds. The third-order valence-corrected chi connectivity index (χ3v) is 3.06. The maximum Gasteiger partial charge on any atom is 0.341 e. The summed E-state index contributed by atoms with van der Waals surface area (Å²) in [7, 11) is 3.16. The van der Waals surface area contributed by atoms with E-state index in [1.54, 1.807) is 11.7 Å². The van der Waals surface area contributed by atoms with Gasteiger partial charge in [-0.1, -0.05) is 0 Å². The van der Waals surface area contributed by atoms with Gasteiger partial charge in [-0.05, 0) is 12.8 Å². The molecule has 0 radical (unpaired) electrons. The zero-order valence-electron chi connectivity index (χ0n) is 9.40. The maximum absolute atomic E-state index is 11.6. The van der Waals surface area contributed by atoms with Gasteiger partial charge in [0.05, 0.1) is 25.6 Å². The maximum atomic E-state index is 11.6. The second kappa shape index (κ2) is 3.88. The van der Waals surface area contributed by atoms with E-state index in [1.165, 1.54) is 13.3 Å². The number of nitrogens with zero attached hydrogens (tertiary/aromatic N) is 2. The highest BCUT2D eigenvalue weighted by Gasteiger charge is 2.49. The van der Waals surface area contributed by atoms with Crippen LogP contribution in [0.3, 0.4) is 0 Å². The summed E-state index contributed by atoms with van der Waals surface area (Å²) in [6.45, 7) is 0.399. The quantitative estimate of drug-likeness (QED) is 0.582. The number of carbonyl (C=O) groups excluding carboxylic acids is 1. The smallest absolute Gasteiger partial charge is 0.341 e. The van der Waals surface area contributed by atoms with Gasteiger partial charge in [0, 0.05) is 12.5 Å². The van der Waals surface area contributed by atoms with E-state index in [2.05, 4.69) is 5.10 Å². The average molecular weight is 225 g/mol. The normalized spacial score (nSPS) is 17.2. The van der Waals surface area contributed by atoms with Crippen molar-refractivity contribution < 1.29 is 14.4 Å². The van der Waals surface area contributed by atoms with Crippen molar-refractivity contribution in [3.05, 3.63) is 17.5 Å². The minimum absolute atomic E-state index is 0.163. The van der Waals surface area contributed by atoms with E-state index >= 15 is 0 Å². The Balaban J connectivity index is 2.39. The van der Waals surface area contributed by atoms with Crippen molar-refractivity contribution in [3.63, 3.8) is 0 Å². The van der Waals surface area contributed by atoms with Crippen LogP contribution in [-0.2, 0) is 22.0 Å².